The SMILES string of the molecule is CCCN1CCC(Cc2c[nH]c3ccc(C(N)=O)cc23)C1. The summed E-state index contributed by atoms with van der Waals surface area (Å²) >= 11 is 0. The normalized spacial score (nSPS) is 19.4. The van der Waals surface area contributed by atoms with Crippen LogP contribution in [0.15, 0.2) is 24.4 Å². The molecule has 2 heterocycles. The molecule has 1 unspecified atom stereocenters. The molecule has 0 aliphatic carbocycles. The van der Waals surface area contributed by atoms with Crippen LogP contribution in [0.25, 0.3) is 10.9 Å². The van der Waals surface area contributed by atoms with Gasteiger partial charge in [-0.25, -0.2) is 0 Å². The van der Waals surface area contributed by atoms with Gasteiger partial charge in [0.25, 0.3) is 0 Å². The van der Waals surface area contributed by atoms with E-state index in [0.29, 0.717) is 11.5 Å². The minimum absolute atomic E-state index is 0.362. The summed E-state index contributed by atoms with van der Waals surface area (Å²) in [5, 5.41) is 1.14. The van der Waals surface area contributed by atoms with Gasteiger partial charge in [-0.1, -0.05) is 6.92 Å². The van der Waals surface area contributed by atoms with Crippen LogP contribution in [0, 0.1) is 5.92 Å². The topological polar surface area (TPSA) is 62.1 Å². The van der Waals surface area contributed by atoms with E-state index < -0.39 is 0 Å². The first kappa shape index (κ1) is 14.1. The minimum atomic E-state index is -0.362. The number of primary amides is 1. The van der Waals surface area contributed by atoms with Gasteiger partial charge in [-0.3, -0.25) is 4.79 Å². The van der Waals surface area contributed by atoms with E-state index in [2.05, 4.69) is 23.0 Å². The summed E-state index contributed by atoms with van der Waals surface area (Å²) in [6.45, 7) is 5.85. The standard InChI is InChI=1S/C17H23N3O/c1-2-6-20-7-5-12(11-20)8-14-10-19-16-4-3-13(17(18)21)9-15(14)16/h3-4,9-10,12,19H,2,5-8,11H2,1H3,(H2,18,21). The number of hydrogen-bond acceptors (Lipinski definition) is 2. The van der Waals surface area contributed by atoms with Gasteiger partial charge in [0, 0.05) is 29.2 Å². The Balaban J connectivity index is 1.78. The predicted molar refractivity (Wildman–Crippen MR) is 85.4 cm³/mol. The fourth-order valence-corrected chi connectivity index (χ4v) is 3.41. The van der Waals surface area contributed by atoms with Crippen LogP contribution in [0.5, 0.6) is 0 Å². The number of carbonyl (C=O) groups excluding carboxylic acids is 1. The van der Waals surface area contributed by atoms with Crippen molar-refractivity contribution in [2.24, 2.45) is 11.7 Å². The van der Waals surface area contributed by atoms with Crippen molar-refractivity contribution in [3.8, 4) is 0 Å². The number of carbonyl (C=O) groups is 1. The van der Waals surface area contributed by atoms with Crippen LogP contribution < -0.4 is 5.73 Å². The second-order valence-corrected chi connectivity index (χ2v) is 6.10. The van der Waals surface area contributed by atoms with Gasteiger partial charge < -0.3 is 15.6 Å². The van der Waals surface area contributed by atoms with Gasteiger partial charge in [0.1, 0.15) is 0 Å². The third-order valence-corrected chi connectivity index (χ3v) is 4.47. The van der Waals surface area contributed by atoms with Crippen molar-refractivity contribution < 1.29 is 4.79 Å². The van der Waals surface area contributed by atoms with Crippen molar-refractivity contribution in [3.05, 3.63) is 35.5 Å². The summed E-state index contributed by atoms with van der Waals surface area (Å²) in [5.41, 5.74) is 8.35. The molecule has 1 fully saturated rings. The molecule has 1 aliphatic heterocycles. The van der Waals surface area contributed by atoms with Gasteiger partial charge in [0.05, 0.1) is 0 Å². The Hall–Kier alpha value is -1.81. The molecule has 0 bridgehead atoms. The van der Waals surface area contributed by atoms with Gasteiger partial charge in [-0.05, 0) is 62.0 Å². The maximum atomic E-state index is 11.3. The second kappa shape index (κ2) is 5.90. The first-order valence-corrected chi connectivity index (χ1v) is 7.79. The van der Waals surface area contributed by atoms with E-state index in [1.54, 1.807) is 6.07 Å². The van der Waals surface area contributed by atoms with Crippen molar-refractivity contribution in [1.82, 2.24) is 9.88 Å². The number of aromatic nitrogens is 1. The van der Waals surface area contributed by atoms with Crippen LogP contribution in [-0.2, 0) is 6.42 Å². The highest BCUT2D eigenvalue weighted by molar-refractivity contribution is 5.97. The zero-order chi connectivity index (χ0) is 14.8. The van der Waals surface area contributed by atoms with E-state index in [0.717, 1.165) is 17.3 Å². The molecule has 1 amide bonds. The smallest absolute Gasteiger partial charge is 0.248 e. The third-order valence-electron chi connectivity index (χ3n) is 4.47. The highest BCUT2D eigenvalue weighted by Gasteiger charge is 2.22. The highest BCUT2D eigenvalue weighted by Crippen LogP contribution is 2.26. The average molecular weight is 285 g/mol. The van der Waals surface area contributed by atoms with Crippen LogP contribution in [-0.4, -0.2) is 35.4 Å². The summed E-state index contributed by atoms with van der Waals surface area (Å²) in [5.74, 6) is 0.354. The quantitative estimate of drug-likeness (QED) is 0.887. The lowest BCUT2D eigenvalue weighted by Crippen LogP contribution is -2.21. The lowest BCUT2D eigenvalue weighted by atomic mass is 9.97. The Labute approximate surface area is 125 Å². The number of hydrogen-bond donors (Lipinski definition) is 2. The molecule has 0 saturated carbocycles. The zero-order valence-corrected chi connectivity index (χ0v) is 12.6. The van der Waals surface area contributed by atoms with Crippen molar-refractivity contribution in [2.75, 3.05) is 19.6 Å². The van der Waals surface area contributed by atoms with E-state index in [-0.39, 0.29) is 5.91 Å². The Morgan fingerprint density at radius 1 is 1.48 bits per heavy atom. The van der Waals surface area contributed by atoms with Crippen molar-refractivity contribution >= 4 is 16.8 Å². The number of benzene rings is 1. The van der Waals surface area contributed by atoms with Crippen LogP contribution in [0.3, 0.4) is 0 Å². The van der Waals surface area contributed by atoms with E-state index >= 15 is 0 Å². The number of rotatable bonds is 5. The van der Waals surface area contributed by atoms with Crippen molar-refractivity contribution in [1.29, 1.82) is 0 Å². The fourth-order valence-electron chi connectivity index (χ4n) is 3.41. The summed E-state index contributed by atoms with van der Waals surface area (Å²) in [4.78, 5) is 17.2. The number of H-pyrrole nitrogens is 1. The van der Waals surface area contributed by atoms with E-state index in [1.807, 2.05) is 12.1 Å². The van der Waals surface area contributed by atoms with Crippen molar-refractivity contribution in [3.63, 3.8) is 0 Å². The molecule has 0 spiro atoms. The predicted octanol–water partition coefficient (Wildman–Crippen LogP) is 2.54. The fraction of sp³-hybridized carbons (Fsp3) is 0.471. The Bertz CT molecular complexity index is 647. The Kier molecular flexibility index (Phi) is 3.97. The summed E-state index contributed by atoms with van der Waals surface area (Å²) in [6, 6.07) is 5.64. The molecule has 21 heavy (non-hydrogen) atoms. The number of amides is 1. The van der Waals surface area contributed by atoms with Gasteiger partial charge >= 0.3 is 0 Å². The summed E-state index contributed by atoms with van der Waals surface area (Å²) in [6.07, 6.45) is 5.64. The first-order valence-electron chi connectivity index (χ1n) is 7.79. The highest BCUT2D eigenvalue weighted by atomic mass is 16.1. The molecule has 1 aromatic heterocycles. The molecule has 112 valence electrons. The van der Waals surface area contributed by atoms with E-state index in [4.69, 9.17) is 5.73 Å². The molecule has 1 saturated heterocycles. The largest absolute Gasteiger partial charge is 0.366 e. The number of fused-ring (bicyclic) bond motifs is 1. The maximum Gasteiger partial charge on any atom is 0.248 e. The minimum Gasteiger partial charge on any atom is -0.366 e. The molecule has 0 radical (unpaired) electrons. The Morgan fingerprint density at radius 2 is 2.33 bits per heavy atom. The molecule has 4 heteroatoms. The summed E-state index contributed by atoms with van der Waals surface area (Å²) < 4.78 is 0. The molecule has 1 aromatic carbocycles. The molecular formula is C17H23N3O. The maximum absolute atomic E-state index is 11.3. The van der Waals surface area contributed by atoms with Crippen LogP contribution >= 0.6 is 0 Å². The van der Waals surface area contributed by atoms with Gasteiger partial charge in [-0.15, -0.1) is 0 Å². The monoisotopic (exact) mass is 285 g/mol. The number of nitrogens with zero attached hydrogens (tertiary/aromatic N) is 1. The molecule has 1 atom stereocenters. The van der Waals surface area contributed by atoms with E-state index in [1.165, 1.54) is 38.0 Å². The lowest BCUT2D eigenvalue weighted by molar-refractivity contribution is 0.100. The molecule has 2 aromatic rings. The Morgan fingerprint density at radius 3 is 3.10 bits per heavy atom. The van der Waals surface area contributed by atoms with Gasteiger partial charge in [0.15, 0.2) is 0 Å². The van der Waals surface area contributed by atoms with Crippen LogP contribution in [0.1, 0.15) is 35.7 Å². The van der Waals surface area contributed by atoms with E-state index in [9.17, 15) is 4.79 Å². The average Bonchev–Trinajstić information content (AvgIpc) is 3.07. The van der Waals surface area contributed by atoms with Crippen LogP contribution in [0.4, 0.5) is 0 Å². The first-order chi connectivity index (χ1) is 10.2. The van der Waals surface area contributed by atoms with Crippen LogP contribution in [0.2, 0.25) is 0 Å². The van der Waals surface area contributed by atoms with Gasteiger partial charge in [-0.2, -0.15) is 0 Å². The van der Waals surface area contributed by atoms with Gasteiger partial charge in [0.2, 0.25) is 5.91 Å². The number of aromatic amines is 1. The number of nitrogens with one attached hydrogen (secondary N) is 1. The zero-order valence-electron chi connectivity index (χ0n) is 12.6. The molecule has 3 N–H and O–H groups in total. The molecule has 3 rings (SSSR count). The number of likely N-dealkylation sites (tertiary alicyclic amines) is 1. The summed E-state index contributed by atoms with van der Waals surface area (Å²) in [7, 11) is 0. The number of nitrogens with two attached hydrogens (primary N) is 1. The van der Waals surface area contributed by atoms with Crippen molar-refractivity contribution in [2.45, 2.75) is 26.2 Å². The lowest BCUT2D eigenvalue weighted by Gasteiger charge is -2.14. The molecular weight excluding hydrogens is 262 g/mol. The molecule has 1 aliphatic rings. The second-order valence-electron chi connectivity index (χ2n) is 6.10. The molecule has 4 nitrogen and oxygen atoms in total. The third kappa shape index (κ3) is 2.95.